The van der Waals surface area contributed by atoms with E-state index in [0.29, 0.717) is 18.6 Å². The molecule has 7 heteroatoms. The molecular weight excluding hydrogens is 320 g/mol. The van der Waals surface area contributed by atoms with Gasteiger partial charge in [-0.25, -0.2) is 0 Å². The van der Waals surface area contributed by atoms with Crippen LogP contribution in [0.15, 0.2) is 58.4 Å². The summed E-state index contributed by atoms with van der Waals surface area (Å²) in [7, 11) is 0. The van der Waals surface area contributed by atoms with Crippen molar-refractivity contribution in [2.45, 2.75) is 25.0 Å². The molecule has 3 heterocycles. The van der Waals surface area contributed by atoms with E-state index in [1.165, 1.54) is 0 Å². The molecule has 0 spiro atoms. The van der Waals surface area contributed by atoms with Crippen molar-refractivity contribution in [1.29, 1.82) is 0 Å². The molecule has 1 aliphatic heterocycles. The quantitative estimate of drug-likeness (QED) is 0.551. The van der Waals surface area contributed by atoms with Crippen LogP contribution in [0, 0.1) is 0 Å². The van der Waals surface area contributed by atoms with E-state index >= 15 is 0 Å². The maximum atomic E-state index is 11.7. The van der Waals surface area contributed by atoms with Crippen molar-refractivity contribution in [3.8, 4) is 0 Å². The van der Waals surface area contributed by atoms with Gasteiger partial charge in [-0.1, -0.05) is 18.2 Å². The number of furan rings is 1. The van der Waals surface area contributed by atoms with Crippen LogP contribution in [0.25, 0.3) is 10.9 Å². The minimum atomic E-state index is -0.890. The lowest BCUT2D eigenvalue weighted by atomic mass is 10.0. The highest BCUT2D eigenvalue weighted by Gasteiger charge is 2.27. The summed E-state index contributed by atoms with van der Waals surface area (Å²) in [5.74, 6) is -0.196. The summed E-state index contributed by atoms with van der Waals surface area (Å²) >= 11 is 0. The third-order valence-corrected chi connectivity index (χ3v) is 4.36. The monoisotopic (exact) mass is 338 g/mol. The number of carbonyl (C=O) groups is 1. The first-order valence-corrected chi connectivity index (χ1v) is 8.10. The van der Waals surface area contributed by atoms with Gasteiger partial charge in [0.05, 0.1) is 12.4 Å². The minimum absolute atomic E-state index is 0.244. The number of hydrogen-bond acceptors (Lipinski definition) is 5. The fourth-order valence-corrected chi connectivity index (χ4v) is 3.12. The highest BCUT2D eigenvalue weighted by molar-refractivity contribution is 5.99. The predicted octanol–water partition coefficient (Wildman–Crippen LogP) is 2.07. The highest BCUT2D eigenvalue weighted by Crippen LogP contribution is 2.20. The normalized spacial score (nSPS) is 18.1. The van der Waals surface area contributed by atoms with Crippen LogP contribution in [-0.2, 0) is 11.2 Å². The van der Waals surface area contributed by atoms with Crippen LogP contribution >= 0.6 is 0 Å². The van der Waals surface area contributed by atoms with Crippen molar-refractivity contribution in [1.82, 2.24) is 15.7 Å². The fraction of sp³-hybridized carbons (Fsp3) is 0.222. The van der Waals surface area contributed by atoms with Crippen LogP contribution in [-0.4, -0.2) is 34.0 Å². The average molecular weight is 338 g/mol. The number of rotatable bonds is 6. The summed E-state index contributed by atoms with van der Waals surface area (Å²) in [5, 5.41) is 18.0. The minimum Gasteiger partial charge on any atom is -0.480 e. The summed E-state index contributed by atoms with van der Waals surface area (Å²) in [4.78, 5) is 14.9. The Morgan fingerprint density at radius 3 is 3.04 bits per heavy atom. The van der Waals surface area contributed by atoms with Gasteiger partial charge in [0.15, 0.2) is 0 Å². The van der Waals surface area contributed by atoms with Crippen LogP contribution in [0.3, 0.4) is 0 Å². The number of aromatic amines is 1. The zero-order chi connectivity index (χ0) is 17.2. The topological polar surface area (TPSA) is 103 Å². The van der Waals surface area contributed by atoms with E-state index in [0.717, 1.165) is 22.2 Å². The second-order valence-electron chi connectivity index (χ2n) is 6.04. The maximum Gasteiger partial charge on any atom is 0.321 e. The molecule has 0 saturated carbocycles. The van der Waals surface area contributed by atoms with Crippen molar-refractivity contribution in [3.63, 3.8) is 0 Å². The number of hydrazone groups is 1. The molecule has 0 amide bonds. The molecular formula is C18H18N4O3. The van der Waals surface area contributed by atoms with Crippen molar-refractivity contribution >= 4 is 22.6 Å². The number of fused-ring (bicyclic) bond motifs is 1. The standard InChI is InChI=1S/C18H18N4O3/c23-18(24)15(8-11-10-19-13-5-2-1-4-12(11)13)20-17-9-14(21-22-17)16-6-3-7-25-16/h1-7,10,15,17,19-20,22H,8-9H2,(H,23,24). The number of hydrogen-bond donors (Lipinski definition) is 4. The molecule has 2 aromatic heterocycles. The van der Waals surface area contributed by atoms with Gasteiger partial charge in [0.25, 0.3) is 0 Å². The fourth-order valence-electron chi connectivity index (χ4n) is 3.12. The molecule has 0 fully saturated rings. The van der Waals surface area contributed by atoms with Gasteiger partial charge in [0, 0.05) is 29.9 Å². The summed E-state index contributed by atoms with van der Waals surface area (Å²) < 4.78 is 5.33. The van der Waals surface area contributed by atoms with Gasteiger partial charge in [0.2, 0.25) is 0 Å². The van der Waals surface area contributed by atoms with E-state index in [1.807, 2.05) is 36.5 Å². The zero-order valence-corrected chi connectivity index (χ0v) is 13.4. The van der Waals surface area contributed by atoms with Crippen LogP contribution in [0.2, 0.25) is 0 Å². The number of carboxylic acid groups (broad SMARTS) is 1. The second-order valence-corrected chi connectivity index (χ2v) is 6.04. The first kappa shape index (κ1) is 15.5. The third kappa shape index (κ3) is 3.14. The number of aromatic nitrogens is 1. The molecule has 0 saturated heterocycles. The molecule has 25 heavy (non-hydrogen) atoms. The van der Waals surface area contributed by atoms with E-state index < -0.39 is 12.0 Å². The van der Waals surface area contributed by atoms with Crippen molar-refractivity contribution in [2.75, 3.05) is 0 Å². The van der Waals surface area contributed by atoms with E-state index in [1.54, 1.807) is 12.3 Å². The Labute approximate surface area is 143 Å². The Balaban J connectivity index is 1.45. The van der Waals surface area contributed by atoms with Gasteiger partial charge in [-0.15, -0.1) is 0 Å². The van der Waals surface area contributed by atoms with Gasteiger partial charge < -0.3 is 14.5 Å². The predicted molar refractivity (Wildman–Crippen MR) is 93.3 cm³/mol. The van der Waals surface area contributed by atoms with Crippen LogP contribution in [0.4, 0.5) is 0 Å². The number of H-pyrrole nitrogens is 1. The number of nitrogens with one attached hydrogen (secondary N) is 3. The maximum absolute atomic E-state index is 11.7. The SMILES string of the molecule is O=C(O)C(Cc1c[nH]c2ccccc12)NC1CC(c2ccco2)=NN1. The van der Waals surface area contributed by atoms with Gasteiger partial charge in [-0.3, -0.25) is 15.5 Å². The molecule has 0 aliphatic carbocycles. The lowest BCUT2D eigenvalue weighted by Crippen LogP contribution is -2.48. The van der Waals surface area contributed by atoms with Gasteiger partial charge in [-0.2, -0.15) is 5.10 Å². The molecule has 3 aromatic rings. The average Bonchev–Trinajstić information content (AvgIpc) is 3.35. The molecule has 0 bridgehead atoms. The molecule has 128 valence electrons. The van der Waals surface area contributed by atoms with E-state index in [2.05, 4.69) is 20.8 Å². The first-order valence-electron chi connectivity index (χ1n) is 8.10. The largest absolute Gasteiger partial charge is 0.480 e. The van der Waals surface area contributed by atoms with Gasteiger partial charge >= 0.3 is 5.97 Å². The Morgan fingerprint density at radius 1 is 1.36 bits per heavy atom. The van der Waals surface area contributed by atoms with Crippen molar-refractivity contribution in [3.05, 3.63) is 60.2 Å². The molecule has 0 radical (unpaired) electrons. The summed E-state index contributed by atoms with van der Waals surface area (Å²) in [6.07, 6.45) is 4.16. The van der Waals surface area contributed by atoms with Gasteiger partial charge in [-0.05, 0) is 23.8 Å². The summed E-state index contributed by atoms with van der Waals surface area (Å²) in [6.45, 7) is 0. The zero-order valence-electron chi connectivity index (χ0n) is 13.4. The molecule has 2 unspecified atom stereocenters. The number of para-hydroxylation sites is 1. The van der Waals surface area contributed by atoms with E-state index in [4.69, 9.17) is 4.42 Å². The van der Waals surface area contributed by atoms with Crippen molar-refractivity contribution in [2.24, 2.45) is 5.10 Å². The summed E-state index contributed by atoms with van der Waals surface area (Å²) in [6, 6.07) is 10.8. The Bertz CT molecular complexity index is 913. The molecule has 1 aliphatic rings. The highest BCUT2D eigenvalue weighted by atomic mass is 16.4. The lowest BCUT2D eigenvalue weighted by Gasteiger charge is -2.19. The molecule has 4 rings (SSSR count). The van der Waals surface area contributed by atoms with Crippen LogP contribution in [0.5, 0.6) is 0 Å². The third-order valence-electron chi connectivity index (χ3n) is 4.36. The molecule has 1 aromatic carbocycles. The van der Waals surface area contributed by atoms with Crippen LogP contribution < -0.4 is 10.7 Å². The van der Waals surface area contributed by atoms with Crippen LogP contribution in [0.1, 0.15) is 17.7 Å². The number of benzene rings is 1. The smallest absolute Gasteiger partial charge is 0.321 e. The van der Waals surface area contributed by atoms with Crippen molar-refractivity contribution < 1.29 is 14.3 Å². The molecule has 2 atom stereocenters. The van der Waals surface area contributed by atoms with E-state index in [-0.39, 0.29) is 6.17 Å². The summed E-state index contributed by atoms with van der Waals surface area (Å²) in [5.41, 5.74) is 5.70. The molecule has 7 nitrogen and oxygen atoms in total. The number of aliphatic carboxylic acids is 1. The second kappa shape index (κ2) is 6.45. The first-order chi connectivity index (χ1) is 12.2. The van der Waals surface area contributed by atoms with E-state index in [9.17, 15) is 9.90 Å². The Kier molecular flexibility index (Phi) is 3.99. The lowest BCUT2D eigenvalue weighted by molar-refractivity contribution is -0.139. The number of nitrogens with zero attached hydrogens (tertiary/aromatic N) is 1. The Hall–Kier alpha value is -3.06. The Morgan fingerprint density at radius 2 is 2.24 bits per heavy atom. The molecule has 4 N–H and O–H groups in total. The number of carboxylic acids is 1. The van der Waals surface area contributed by atoms with Gasteiger partial charge in [0.1, 0.15) is 17.5 Å².